The van der Waals surface area contributed by atoms with Gasteiger partial charge in [0.25, 0.3) is 17.7 Å². The Hall–Kier alpha value is -4.38. The molecule has 0 unspecified atom stereocenters. The maximum absolute atomic E-state index is 13.6. The van der Waals surface area contributed by atoms with E-state index in [0.29, 0.717) is 52.9 Å². The summed E-state index contributed by atoms with van der Waals surface area (Å²) in [5.74, 6) is -0.452. The number of imide groups is 1. The maximum Gasteiger partial charge on any atom is 0.290 e. The summed E-state index contributed by atoms with van der Waals surface area (Å²) < 4.78 is 23.1. The van der Waals surface area contributed by atoms with Gasteiger partial charge in [0.2, 0.25) is 13.1 Å². The lowest BCUT2D eigenvalue weighted by atomic mass is 9.80. The number of nitrogens with one attached hydrogen (secondary N) is 1. The fraction of sp³-hybridized carbons (Fsp3) is 0.303. The van der Waals surface area contributed by atoms with Crippen LogP contribution in [0.2, 0.25) is 5.02 Å². The zero-order chi connectivity index (χ0) is 31.0. The molecule has 0 bridgehead atoms. The van der Waals surface area contributed by atoms with Crippen molar-refractivity contribution in [3.05, 3.63) is 93.7 Å². The normalized spacial score (nSPS) is 20.3. The Bertz CT molecular complexity index is 1670. The molecule has 3 aliphatic rings. The van der Waals surface area contributed by atoms with E-state index in [1.165, 1.54) is 6.07 Å². The number of fused-ring (bicyclic) bond motifs is 2. The number of benzene rings is 3. The molecule has 11 heteroatoms. The fourth-order valence-electron chi connectivity index (χ4n) is 5.87. The molecule has 228 valence electrons. The first-order chi connectivity index (χ1) is 21.3. The van der Waals surface area contributed by atoms with Crippen LogP contribution in [-0.4, -0.2) is 49.1 Å². The van der Waals surface area contributed by atoms with E-state index in [1.807, 2.05) is 25.1 Å². The number of anilines is 2. The highest BCUT2D eigenvalue weighted by Crippen LogP contribution is 2.43. The average molecular weight is 619 g/mol. The van der Waals surface area contributed by atoms with E-state index in [9.17, 15) is 19.5 Å². The fourth-order valence-corrected chi connectivity index (χ4v) is 6.05. The van der Waals surface area contributed by atoms with Crippen LogP contribution in [0.1, 0.15) is 57.5 Å². The summed E-state index contributed by atoms with van der Waals surface area (Å²) in [6.07, 6.45) is 2.20. The summed E-state index contributed by atoms with van der Waals surface area (Å²) in [7, 11) is 0. The number of halogens is 1. The Kier molecular flexibility index (Phi) is 8.31. The van der Waals surface area contributed by atoms with Crippen LogP contribution in [0, 0.1) is 12.8 Å². The van der Waals surface area contributed by atoms with E-state index in [1.54, 1.807) is 43.3 Å². The van der Waals surface area contributed by atoms with Crippen molar-refractivity contribution >= 4 is 40.7 Å². The first kappa shape index (κ1) is 29.7. The number of rotatable bonds is 9. The van der Waals surface area contributed by atoms with Crippen molar-refractivity contribution in [3.63, 3.8) is 0 Å². The third-order valence-corrected chi connectivity index (χ3v) is 8.20. The molecule has 3 atom stereocenters. The quantitative estimate of drug-likeness (QED) is 0.299. The van der Waals surface area contributed by atoms with Crippen molar-refractivity contribution in [3.8, 4) is 11.5 Å². The van der Waals surface area contributed by atoms with Gasteiger partial charge in [-0.2, -0.15) is 0 Å². The molecule has 0 saturated carbocycles. The SMILES string of the molecule is CCO[C@H]1OC(C(=O)Nc2ccc(N3C(=O)c4ccc(Cl)cc4C3=O)c(C)c2)=C[C@@H](c2ccc3c(c2)OCO3)[C@H]1CCCO. The van der Waals surface area contributed by atoms with E-state index < -0.39 is 24.0 Å². The van der Waals surface area contributed by atoms with Crippen molar-refractivity contribution in [1.82, 2.24) is 0 Å². The highest BCUT2D eigenvalue weighted by atomic mass is 35.5. The van der Waals surface area contributed by atoms with Gasteiger partial charge in [-0.3, -0.25) is 14.4 Å². The molecule has 10 nitrogen and oxygen atoms in total. The van der Waals surface area contributed by atoms with Gasteiger partial charge < -0.3 is 29.4 Å². The van der Waals surface area contributed by atoms with Gasteiger partial charge in [0.1, 0.15) is 0 Å². The van der Waals surface area contributed by atoms with E-state index in [4.69, 9.17) is 30.5 Å². The third kappa shape index (κ3) is 5.52. The predicted octanol–water partition coefficient (Wildman–Crippen LogP) is 5.57. The topological polar surface area (TPSA) is 124 Å². The lowest BCUT2D eigenvalue weighted by Crippen LogP contribution is -2.37. The highest BCUT2D eigenvalue weighted by Gasteiger charge is 2.39. The summed E-state index contributed by atoms with van der Waals surface area (Å²) in [4.78, 5) is 40.8. The zero-order valence-electron chi connectivity index (χ0n) is 24.2. The van der Waals surface area contributed by atoms with Gasteiger partial charge in [-0.25, -0.2) is 4.90 Å². The van der Waals surface area contributed by atoms with Gasteiger partial charge in [0, 0.05) is 35.8 Å². The zero-order valence-corrected chi connectivity index (χ0v) is 24.9. The molecule has 0 spiro atoms. The van der Waals surface area contributed by atoms with Crippen molar-refractivity contribution < 1.29 is 38.4 Å². The van der Waals surface area contributed by atoms with Crippen molar-refractivity contribution in [2.75, 3.05) is 30.2 Å². The van der Waals surface area contributed by atoms with Crippen LogP contribution in [0.5, 0.6) is 11.5 Å². The first-order valence-electron chi connectivity index (χ1n) is 14.4. The van der Waals surface area contributed by atoms with E-state index in [-0.39, 0.29) is 42.1 Å². The summed E-state index contributed by atoms with van der Waals surface area (Å²) in [5.41, 5.74) is 2.91. The number of carbonyl (C=O) groups excluding carboxylic acids is 3. The van der Waals surface area contributed by atoms with Crippen molar-refractivity contribution in [2.24, 2.45) is 5.92 Å². The van der Waals surface area contributed by atoms with E-state index in [2.05, 4.69) is 5.32 Å². The number of ether oxygens (including phenoxy) is 4. The largest absolute Gasteiger partial charge is 0.459 e. The number of aliphatic hydroxyl groups is 1. The Morgan fingerprint density at radius 3 is 2.61 bits per heavy atom. The summed E-state index contributed by atoms with van der Waals surface area (Å²) in [5, 5.41) is 12.8. The average Bonchev–Trinajstić information content (AvgIpc) is 3.58. The van der Waals surface area contributed by atoms with Crippen molar-refractivity contribution in [2.45, 2.75) is 38.9 Å². The van der Waals surface area contributed by atoms with Crippen LogP contribution in [0.25, 0.3) is 0 Å². The van der Waals surface area contributed by atoms with Crippen LogP contribution in [-0.2, 0) is 14.3 Å². The van der Waals surface area contributed by atoms with Gasteiger partial charge in [0.05, 0.1) is 16.8 Å². The van der Waals surface area contributed by atoms with E-state index >= 15 is 0 Å². The molecule has 3 aromatic carbocycles. The number of nitrogens with zero attached hydrogens (tertiary/aromatic N) is 1. The van der Waals surface area contributed by atoms with Crippen LogP contribution in [0.3, 0.4) is 0 Å². The summed E-state index contributed by atoms with van der Waals surface area (Å²) in [6.45, 7) is 4.14. The Balaban J connectivity index is 1.26. The standard InChI is InChI=1S/C33H31ClN2O8/c1-3-41-33-23(5-4-12-37)24(19-6-11-27-28(14-19)43-17-42-27)16-29(44-33)30(38)35-21-8-10-26(18(2)13-21)36-31(39)22-9-7-20(34)15-25(22)32(36)40/h6-11,13-16,23-24,33,37H,3-5,12,17H2,1-2H3,(H,35,38)/t23-,24+,33+/m1/s1. The van der Waals surface area contributed by atoms with Crippen LogP contribution < -0.4 is 19.7 Å². The molecule has 0 aliphatic carbocycles. The molecular formula is C33H31ClN2O8. The second kappa shape index (κ2) is 12.3. The number of amides is 3. The molecule has 0 saturated heterocycles. The first-order valence-corrected chi connectivity index (χ1v) is 14.8. The van der Waals surface area contributed by atoms with Crippen LogP contribution >= 0.6 is 11.6 Å². The highest BCUT2D eigenvalue weighted by molar-refractivity contribution is 6.37. The van der Waals surface area contributed by atoms with Gasteiger partial charge in [-0.05, 0) is 92.4 Å². The van der Waals surface area contributed by atoms with Gasteiger partial charge in [0.15, 0.2) is 17.3 Å². The number of aryl methyl sites for hydroxylation is 1. The number of aliphatic hydroxyl groups excluding tert-OH is 1. The molecule has 3 heterocycles. The second-order valence-corrected chi connectivity index (χ2v) is 11.2. The van der Waals surface area contributed by atoms with Crippen LogP contribution in [0.4, 0.5) is 11.4 Å². The van der Waals surface area contributed by atoms with Gasteiger partial charge in [-0.1, -0.05) is 17.7 Å². The van der Waals surface area contributed by atoms with Gasteiger partial charge >= 0.3 is 0 Å². The Morgan fingerprint density at radius 1 is 1.05 bits per heavy atom. The molecule has 2 N–H and O–H groups in total. The minimum absolute atomic E-state index is 0.0179. The molecular weight excluding hydrogens is 588 g/mol. The second-order valence-electron chi connectivity index (χ2n) is 10.7. The molecule has 0 fully saturated rings. The minimum Gasteiger partial charge on any atom is -0.459 e. The molecule has 3 aliphatic heterocycles. The number of hydrogen-bond acceptors (Lipinski definition) is 8. The summed E-state index contributed by atoms with van der Waals surface area (Å²) >= 11 is 6.05. The number of carbonyl (C=O) groups is 3. The number of allylic oxidation sites excluding steroid dienone is 1. The Morgan fingerprint density at radius 2 is 1.84 bits per heavy atom. The monoisotopic (exact) mass is 618 g/mol. The Labute approximate surface area is 259 Å². The molecule has 0 radical (unpaired) electrons. The van der Waals surface area contributed by atoms with Crippen LogP contribution in [0.15, 0.2) is 66.4 Å². The molecule has 44 heavy (non-hydrogen) atoms. The minimum atomic E-state index is -0.723. The molecule has 0 aromatic heterocycles. The lowest BCUT2D eigenvalue weighted by Gasteiger charge is -2.37. The molecule has 6 rings (SSSR count). The predicted molar refractivity (Wildman–Crippen MR) is 162 cm³/mol. The third-order valence-electron chi connectivity index (χ3n) is 7.96. The smallest absolute Gasteiger partial charge is 0.290 e. The van der Waals surface area contributed by atoms with E-state index in [0.717, 1.165) is 10.5 Å². The number of hydrogen-bond donors (Lipinski definition) is 2. The van der Waals surface area contributed by atoms with Crippen molar-refractivity contribution in [1.29, 1.82) is 0 Å². The summed E-state index contributed by atoms with van der Waals surface area (Å²) in [6, 6.07) is 15.2. The molecule has 3 aromatic rings. The lowest BCUT2D eigenvalue weighted by molar-refractivity contribution is -0.165. The maximum atomic E-state index is 13.6. The molecule has 3 amide bonds. The van der Waals surface area contributed by atoms with Gasteiger partial charge in [-0.15, -0.1) is 0 Å².